The molecule has 1 atom stereocenters. The second-order valence-corrected chi connectivity index (χ2v) is 9.06. The van der Waals surface area contributed by atoms with Gasteiger partial charge in [0.05, 0.1) is 13.2 Å². The first-order valence-corrected chi connectivity index (χ1v) is 12.8. The summed E-state index contributed by atoms with van der Waals surface area (Å²) in [5.74, 6) is 0.211. The lowest BCUT2D eigenvalue weighted by atomic mass is 10.0. The molecule has 1 fully saturated rings. The van der Waals surface area contributed by atoms with E-state index in [1.54, 1.807) is 4.90 Å². The van der Waals surface area contributed by atoms with Gasteiger partial charge in [-0.3, -0.25) is 14.5 Å². The van der Waals surface area contributed by atoms with Crippen molar-refractivity contribution < 1.29 is 19.1 Å². The Kier molecular flexibility index (Phi) is 10.1. The van der Waals surface area contributed by atoms with E-state index in [4.69, 9.17) is 9.47 Å². The number of hydrogen-bond donors (Lipinski definition) is 1. The third-order valence-corrected chi connectivity index (χ3v) is 6.40. The van der Waals surface area contributed by atoms with Crippen molar-refractivity contribution in [1.82, 2.24) is 15.1 Å². The maximum Gasteiger partial charge on any atom is 0.261 e. The van der Waals surface area contributed by atoms with Crippen LogP contribution in [0.4, 0.5) is 0 Å². The fraction of sp³-hybridized carbons (Fsp3) is 0.333. The molecular weight excluding hydrogens is 466 g/mol. The van der Waals surface area contributed by atoms with Gasteiger partial charge in [0.2, 0.25) is 5.91 Å². The summed E-state index contributed by atoms with van der Waals surface area (Å²) in [7, 11) is 0. The van der Waals surface area contributed by atoms with Crippen molar-refractivity contribution in [1.29, 1.82) is 0 Å². The third-order valence-electron chi connectivity index (χ3n) is 6.40. The van der Waals surface area contributed by atoms with E-state index < -0.39 is 6.04 Å². The van der Waals surface area contributed by atoms with E-state index in [-0.39, 0.29) is 18.4 Å². The molecule has 3 aromatic carbocycles. The standard InChI is InChI=1S/C30H35N3O4/c34-29(24-37-27-14-8-3-9-15-27)33(23-26-12-6-2-7-13-26)28(22-25-10-4-1-5-11-25)30(35)31-16-17-32-18-20-36-21-19-32/h1-15,28H,16-24H2,(H,31,35)/t28-/m1/s1. The van der Waals surface area contributed by atoms with Gasteiger partial charge in [-0.15, -0.1) is 0 Å². The third kappa shape index (κ3) is 8.44. The second kappa shape index (κ2) is 14.2. The molecule has 3 aromatic rings. The zero-order chi connectivity index (χ0) is 25.7. The van der Waals surface area contributed by atoms with Crippen molar-refractivity contribution in [2.24, 2.45) is 0 Å². The maximum absolute atomic E-state index is 13.6. The minimum Gasteiger partial charge on any atom is -0.484 e. The van der Waals surface area contributed by atoms with Crippen LogP contribution in [0.2, 0.25) is 0 Å². The Morgan fingerprint density at radius 3 is 2.11 bits per heavy atom. The molecule has 0 unspecified atom stereocenters. The van der Waals surface area contributed by atoms with Crippen LogP contribution >= 0.6 is 0 Å². The van der Waals surface area contributed by atoms with Crippen LogP contribution < -0.4 is 10.1 Å². The Morgan fingerprint density at radius 2 is 1.46 bits per heavy atom. The van der Waals surface area contributed by atoms with Gasteiger partial charge in [-0.1, -0.05) is 78.9 Å². The minimum atomic E-state index is -0.681. The van der Waals surface area contributed by atoms with Crippen LogP contribution in [0.15, 0.2) is 91.0 Å². The Hall–Kier alpha value is -3.68. The predicted molar refractivity (Wildman–Crippen MR) is 143 cm³/mol. The SMILES string of the molecule is O=C(NCCN1CCOCC1)[C@@H](Cc1ccccc1)N(Cc1ccccc1)C(=O)COc1ccccc1. The normalized spacial score (nSPS) is 14.5. The smallest absolute Gasteiger partial charge is 0.261 e. The maximum atomic E-state index is 13.6. The Labute approximate surface area is 219 Å². The van der Waals surface area contributed by atoms with Gasteiger partial charge in [-0.25, -0.2) is 0 Å². The van der Waals surface area contributed by atoms with Crippen LogP contribution in [-0.2, 0) is 27.3 Å². The van der Waals surface area contributed by atoms with E-state index in [1.165, 1.54) is 0 Å². The Balaban J connectivity index is 1.52. The number of benzene rings is 3. The van der Waals surface area contributed by atoms with Crippen molar-refractivity contribution in [2.75, 3.05) is 46.0 Å². The number of para-hydroxylation sites is 1. The van der Waals surface area contributed by atoms with E-state index in [1.807, 2.05) is 91.0 Å². The highest BCUT2D eigenvalue weighted by Crippen LogP contribution is 2.16. The van der Waals surface area contributed by atoms with Gasteiger partial charge in [0.25, 0.3) is 5.91 Å². The van der Waals surface area contributed by atoms with Gasteiger partial charge in [0, 0.05) is 39.1 Å². The van der Waals surface area contributed by atoms with Crippen molar-refractivity contribution in [2.45, 2.75) is 19.0 Å². The summed E-state index contributed by atoms with van der Waals surface area (Å²) in [6.07, 6.45) is 0.411. The minimum absolute atomic E-state index is 0.150. The largest absolute Gasteiger partial charge is 0.484 e. The lowest BCUT2D eigenvalue weighted by Crippen LogP contribution is -2.52. The number of amides is 2. The van der Waals surface area contributed by atoms with Gasteiger partial charge in [-0.2, -0.15) is 0 Å². The van der Waals surface area contributed by atoms with E-state index in [2.05, 4.69) is 10.2 Å². The molecule has 0 aromatic heterocycles. The number of morpholine rings is 1. The lowest BCUT2D eigenvalue weighted by molar-refractivity contribution is -0.142. The van der Waals surface area contributed by atoms with Crippen molar-refractivity contribution in [3.05, 3.63) is 102 Å². The molecule has 1 heterocycles. The Morgan fingerprint density at radius 1 is 0.865 bits per heavy atom. The van der Waals surface area contributed by atoms with E-state index >= 15 is 0 Å². The summed E-state index contributed by atoms with van der Waals surface area (Å²) in [5, 5.41) is 3.09. The second-order valence-electron chi connectivity index (χ2n) is 9.06. The summed E-state index contributed by atoms with van der Waals surface area (Å²) in [6, 6.07) is 28.1. The van der Waals surface area contributed by atoms with Crippen LogP contribution in [0.25, 0.3) is 0 Å². The molecule has 0 radical (unpaired) electrons. The molecule has 0 aliphatic carbocycles. The predicted octanol–water partition coefficient (Wildman–Crippen LogP) is 3.15. The van der Waals surface area contributed by atoms with Crippen LogP contribution in [0.3, 0.4) is 0 Å². The molecular formula is C30H35N3O4. The van der Waals surface area contributed by atoms with Gasteiger partial charge in [0.15, 0.2) is 6.61 Å². The number of nitrogens with zero attached hydrogens (tertiary/aromatic N) is 2. The summed E-state index contributed by atoms with van der Waals surface area (Å²) >= 11 is 0. The lowest BCUT2D eigenvalue weighted by Gasteiger charge is -2.32. The summed E-state index contributed by atoms with van der Waals surface area (Å²) in [4.78, 5) is 31.1. The van der Waals surface area contributed by atoms with E-state index in [9.17, 15) is 9.59 Å². The zero-order valence-corrected chi connectivity index (χ0v) is 21.1. The van der Waals surface area contributed by atoms with Crippen molar-refractivity contribution in [3.8, 4) is 5.75 Å². The number of rotatable bonds is 12. The first kappa shape index (κ1) is 26.4. The quantitative estimate of drug-likeness (QED) is 0.413. The van der Waals surface area contributed by atoms with Gasteiger partial charge >= 0.3 is 0 Å². The fourth-order valence-electron chi connectivity index (χ4n) is 4.36. The highest BCUT2D eigenvalue weighted by atomic mass is 16.5. The van der Waals surface area contributed by atoms with Crippen molar-refractivity contribution >= 4 is 11.8 Å². The molecule has 1 aliphatic heterocycles. The molecule has 0 spiro atoms. The molecule has 0 saturated carbocycles. The molecule has 7 nitrogen and oxygen atoms in total. The molecule has 2 amide bonds. The van der Waals surface area contributed by atoms with Crippen molar-refractivity contribution in [3.63, 3.8) is 0 Å². The molecule has 37 heavy (non-hydrogen) atoms. The van der Waals surface area contributed by atoms with Crippen LogP contribution in [0, 0.1) is 0 Å². The average molecular weight is 502 g/mol. The van der Waals surface area contributed by atoms with Gasteiger partial charge < -0.3 is 19.7 Å². The number of nitrogens with one attached hydrogen (secondary N) is 1. The molecule has 194 valence electrons. The van der Waals surface area contributed by atoms with E-state index in [0.717, 1.165) is 30.8 Å². The number of ether oxygens (including phenoxy) is 2. The molecule has 1 aliphatic rings. The first-order valence-electron chi connectivity index (χ1n) is 12.8. The zero-order valence-electron chi connectivity index (χ0n) is 21.1. The molecule has 0 bridgehead atoms. The Bertz CT molecular complexity index is 1090. The van der Waals surface area contributed by atoms with Crippen LogP contribution in [-0.4, -0.2) is 73.7 Å². The average Bonchev–Trinajstić information content (AvgIpc) is 2.96. The highest BCUT2D eigenvalue weighted by molar-refractivity contribution is 5.88. The fourth-order valence-corrected chi connectivity index (χ4v) is 4.36. The monoisotopic (exact) mass is 501 g/mol. The van der Waals surface area contributed by atoms with Crippen LogP contribution in [0.5, 0.6) is 5.75 Å². The molecule has 4 rings (SSSR count). The number of carbonyl (C=O) groups is 2. The van der Waals surface area contributed by atoms with Gasteiger partial charge in [0.1, 0.15) is 11.8 Å². The number of carbonyl (C=O) groups excluding carboxylic acids is 2. The molecule has 7 heteroatoms. The topological polar surface area (TPSA) is 71.1 Å². The molecule has 1 N–H and O–H groups in total. The summed E-state index contributed by atoms with van der Waals surface area (Å²) < 4.78 is 11.2. The summed E-state index contributed by atoms with van der Waals surface area (Å²) in [5.41, 5.74) is 1.94. The first-order chi connectivity index (χ1) is 18.2. The van der Waals surface area contributed by atoms with Crippen LogP contribution in [0.1, 0.15) is 11.1 Å². The summed E-state index contributed by atoms with van der Waals surface area (Å²) in [6.45, 7) is 4.57. The number of hydrogen-bond acceptors (Lipinski definition) is 5. The van der Waals surface area contributed by atoms with E-state index in [0.29, 0.717) is 38.5 Å². The van der Waals surface area contributed by atoms with Gasteiger partial charge in [-0.05, 0) is 23.3 Å². The molecule has 1 saturated heterocycles. The highest BCUT2D eigenvalue weighted by Gasteiger charge is 2.30.